The molecular weight excluding hydrogens is 264 g/mol. The molecule has 2 aromatic carbocycles. The number of benzene rings is 2. The number of pyridine rings is 1. The van der Waals surface area contributed by atoms with Crippen LogP contribution in [-0.2, 0) is 0 Å². The molecule has 1 amide bonds. The Bertz CT molecular complexity index is 794. The summed E-state index contributed by atoms with van der Waals surface area (Å²) < 4.78 is 5.94. The van der Waals surface area contributed by atoms with Gasteiger partial charge in [-0.1, -0.05) is 36.4 Å². The van der Waals surface area contributed by atoms with E-state index in [-0.39, 0.29) is 5.91 Å². The number of carbonyl (C=O) groups is 1. The number of hydrogen-bond acceptors (Lipinski definition) is 3. The Hall–Kier alpha value is -2.88. The second-order valence-electron chi connectivity index (χ2n) is 4.53. The fourth-order valence-electron chi connectivity index (χ4n) is 2.18. The first-order chi connectivity index (χ1) is 10.3. The van der Waals surface area contributed by atoms with Crippen LogP contribution in [0.5, 0.6) is 11.5 Å². The predicted octanol–water partition coefficient (Wildman–Crippen LogP) is 3.39. The zero-order chi connectivity index (χ0) is 14.7. The predicted molar refractivity (Wildman–Crippen MR) is 81.6 cm³/mol. The van der Waals surface area contributed by atoms with Crippen LogP contribution in [0.3, 0.4) is 0 Å². The molecule has 4 nitrogen and oxygen atoms in total. The maximum absolute atomic E-state index is 11.9. The number of carbonyl (C=O) groups excluding carboxylic acids is 1. The summed E-state index contributed by atoms with van der Waals surface area (Å²) in [5.74, 6) is 0.975. The van der Waals surface area contributed by atoms with E-state index in [1.165, 1.54) is 6.20 Å². The standard InChI is InChI=1S/C17H14N2O2/c1-18-17(20)14-11-19-10-9-16(14)21-15-8-4-6-12-5-2-3-7-13(12)15/h2-11H,1H3,(H,18,20). The van der Waals surface area contributed by atoms with E-state index in [9.17, 15) is 4.79 Å². The Kier molecular flexibility index (Phi) is 3.51. The molecule has 1 N–H and O–H groups in total. The Morgan fingerprint density at radius 1 is 1.05 bits per heavy atom. The van der Waals surface area contributed by atoms with Crippen LogP contribution in [0.15, 0.2) is 60.9 Å². The fraction of sp³-hybridized carbons (Fsp3) is 0.0588. The van der Waals surface area contributed by atoms with Crippen molar-refractivity contribution >= 4 is 16.7 Å². The van der Waals surface area contributed by atoms with E-state index in [2.05, 4.69) is 10.3 Å². The molecule has 0 saturated heterocycles. The van der Waals surface area contributed by atoms with E-state index in [4.69, 9.17) is 4.74 Å². The van der Waals surface area contributed by atoms with Crippen molar-refractivity contribution < 1.29 is 9.53 Å². The van der Waals surface area contributed by atoms with Gasteiger partial charge in [-0.2, -0.15) is 0 Å². The summed E-state index contributed by atoms with van der Waals surface area (Å²) in [6.07, 6.45) is 3.10. The monoisotopic (exact) mass is 278 g/mol. The first-order valence-corrected chi connectivity index (χ1v) is 6.61. The van der Waals surface area contributed by atoms with Gasteiger partial charge in [-0.3, -0.25) is 9.78 Å². The molecule has 0 radical (unpaired) electrons. The van der Waals surface area contributed by atoms with Crippen molar-refractivity contribution in [2.75, 3.05) is 7.05 Å². The van der Waals surface area contributed by atoms with Gasteiger partial charge < -0.3 is 10.1 Å². The van der Waals surface area contributed by atoms with Gasteiger partial charge in [-0.25, -0.2) is 0 Å². The van der Waals surface area contributed by atoms with Crippen molar-refractivity contribution in [3.63, 3.8) is 0 Å². The van der Waals surface area contributed by atoms with Gasteiger partial charge in [0.05, 0.1) is 0 Å². The third kappa shape index (κ3) is 2.56. The van der Waals surface area contributed by atoms with E-state index in [1.807, 2.05) is 42.5 Å². The summed E-state index contributed by atoms with van der Waals surface area (Å²) in [5, 5.41) is 4.67. The molecule has 0 unspecified atom stereocenters. The van der Waals surface area contributed by atoms with Gasteiger partial charge in [0.2, 0.25) is 0 Å². The number of ether oxygens (including phenoxy) is 1. The number of nitrogens with zero attached hydrogens (tertiary/aromatic N) is 1. The summed E-state index contributed by atoms with van der Waals surface area (Å²) in [6, 6.07) is 15.5. The van der Waals surface area contributed by atoms with Crippen molar-refractivity contribution in [3.05, 3.63) is 66.5 Å². The minimum atomic E-state index is -0.224. The van der Waals surface area contributed by atoms with Crippen LogP contribution in [0.25, 0.3) is 10.8 Å². The van der Waals surface area contributed by atoms with Crippen molar-refractivity contribution in [3.8, 4) is 11.5 Å². The SMILES string of the molecule is CNC(=O)c1cnccc1Oc1cccc2ccccc12. The van der Waals surface area contributed by atoms with E-state index in [1.54, 1.807) is 19.3 Å². The smallest absolute Gasteiger partial charge is 0.256 e. The molecule has 0 aliphatic heterocycles. The third-order valence-electron chi connectivity index (χ3n) is 3.22. The summed E-state index contributed by atoms with van der Waals surface area (Å²) in [6.45, 7) is 0. The van der Waals surface area contributed by atoms with Crippen molar-refractivity contribution in [1.82, 2.24) is 10.3 Å². The van der Waals surface area contributed by atoms with Gasteiger partial charge in [0.1, 0.15) is 17.1 Å². The van der Waals surface area contributed by atoms with Crippen LogP contribution in [0.4, 0.5) is 0 Å². The Morgan fingerprint density at radius 2 is 1.86 bits per heavy atom. The van der Waals surface area contributed by atoms with Crippen molar-refractivity contribution in [1.29, 1.82) is 0 Å². The zero-order valence-electron chi connectivity index (χ0n) is 11.5. The molecule has 21 heavy (non-hydrogen) atoms. The number of rotatable bonds is 3. The number of fused-ring (bicyclic) bond motifs is 1. The molecule has 1 heterocycles. The molecular formula is C17H14N2O2. The highest BCUT2D eigenvalue weighted by Crippen LogP contribution is 2.31. The molecule has 0 saturated carbocycles. The highest BCUT2D eigenvalue weighted by Gasteiger charge is 2.12. The van der Waals surface area contributed by atoms with Crippen LogP contribution in [0.2, 0.25) is 0 Å². The third-order valence-corrected chi connectivity index (χ3v) is 3.22. The molecule has 4 heteroatoms. The largest absolute Gasteiger partial charge is 0.456 e. The normalized spacial score (nSPS) is 10.3. The number of nitrogens with one attached hydrogen (secondary N) is 1. The Labute approximate surface area is 122 Å². The van der Waals surface area contributed by atoms with Gasteiger partial charge in [-0.05, 0) is 17.5 Å². The van der Waals surface area contributed by atoms with Gasteiger partial charge in [0.15, 0.2) is 0 Å². The van der Waals surface area contributed by atoms with E-state index in [0.29, 0.717) is 17.1 Å². The van der Waals surface area contributed by atoms with Crippen LogP contribution in [0.1, 0.15) is 10.4 Å². The van der Waals surface area contributed by atoms with Crippen LogP contribution < -0.4 is 10.1 Å². The first-order valence-electron chi connectivity index (χ1n) is 6.61. The molecule has 0 fully saturated rings. The van der Waals surface area contributed by atoms with Gasteiger partial charge in [-0.15, -0.1) is 0 Å². The molecule has 0 spiro atoms. The average molecular weight is 278 g/mol. The summed E-state index contributed by atoms with van der Waals surface area (Å²) >= 11 is 0. The van der Waals surface area contributed by atoms with Crippen molar-refractivity contribution in [2.45, 2.75) is 0 Å². The number of hydrogen-bond donors (Lipinski definition) is 1. The Balaban J connectivity index is 2.05. The first kappa shape index (κ1) is 13.1. The minimum Gasteiger partial charge on any atom is -0.456 e. The van der Waals surface area contributed by atoms with Crippen LogP contribution in [0, 0.1) is 0 Å². The lowest BCUT2D eigenvalue weighted by atomic mass is 10.1. The minimum absolute atomic E-state index is 0.224. The van der Waals surface area contributed by atoms with Gasteiger partial charge >= 0.3 is 0 Å². The summed E-state index contributed by atoms with van der Waals surface area (Å²) in [4.78, 5) is 15.8. The molecule has 104 valence electrons. The molecule has 3 aromatic rings. The lowest BCUT2D eigenvalue weighted by Gasteiger charge is -2.11. The number of amides is 1. The molecule has 1 aromatic heterocycles. The maximum atomic E-state index is 11.9. The molecule has 0 atom stereocenters. The zero-order valence-corrected chi connectivity index (χ0v) is 11.5. The quantitative estimate of drug-likeness (QED) is 0.799. The Morgan fingerprint density at radius 3 is 2.71 bits per heavy atom. The highest BCUT2D eigenvalue weighted by molar-refractivity contribution is 5.96. The van der Waals surface area contributed by atoms with Crippen LogP contribution >= 0.6 is 0 Å². The van der Waals surface area contributed by atoms with Gasteiger partial charge in [0.25, 0.3) is 5.91 Å². The lowest BCUT2D eigenvalue weighted by Crippen LogP contribution is -2.18. The summed E-state index contributed by atoms with van der Waals surface area (Å²) in [5.41, 5.74) is 0.410. The summed E-state index contributed by atoms with van der Waals surface area (Å²) in [7, 11) is 1.58. The molecule has 0 bridgehead atoms. The molecule has 0 aliphatic rings. The molecule has 3 rings (SSSR count). The lowest BCUT2D eigenvalue weighted by molar-refractivity contribution is 0.0960. The average Bonchev–Trinajstić information content (AvgIpc) is 2.55. The van der Waals surface area contributed by atoms with E-state index in [0.717, 1.165) is 10.8 Å². The van der Waals surface area contributed by atoms with Crippen molar-refractivity contribution in [2.24, 2.45) is 0 Å². The maximum Gasteiger partial charge on any atom is 0.256 e. The van der Waals surface area contributed by atoms with E-state index >= 15 is 0 Å². The second kappa shape index (κ2) is 5.63. The fourth-order valence-corrected chi connectivity index (χ4v) is 2.18. The number of aromatic nitrogens is 1. The van der Waals surface area contributed by atoms with Gasteiger partial charge in [0, 0.05) is 24.8 Å². The van der Waals surface area contributed by atoms with Crippen LogP contribution in [-0.4, -0.2) is 17.9 Å². The highest BCUT2D eigenvalue weighted by atomic mass is 16.5. The second-order valence-corrected chi connectivity index (χ2v) is 4.53. The molecule has 0 aliphatic carbocycles. The van der Waals surface area contributed by atoms with E-state index < -0.39 is 0 Å². The topological polar surface area (TPSA) is 51.2 Å².